The molecule has 0 radical (unpaired) electrons. The maximum Gasteiger partial charge on any atom is 0.409 e. The fourth-order valence-corrected chi connectivity index (χ4v) is 11.3. The first-order valence-corrected chi connectivity index (χ1v) is 33.3. The molecule has 94 heavy (non-hydrogen) atoms. The van der Waals surface area contributed by atoms with Gasteiger partial charge >= 0.3 is 6.09 Å². The van der Waals surface area contributed by atoms with E-state index in [1.54, 1.807) is 81.6 Å². The van der Waals surface area contributed by atoms with Crippen LogP contribution in [0.1, 0.15) is 156 Å². The molecule has 27 heteroatoms. The molecular weight excluding hydrogens is 1210 g/mol. The summed E-state index contributed by atoms with van der Waals surface area (Å²) in [4.78, 5) is 184. The summed E-state index contributed by atoms with van der Waals surface area (Å²) in [5.41, 5.74) is 0. The van der Waals surface area contributed by atoms with Crippen LogP contribution >= 0.6 is 0 Å². The Balaban J connectivity index is 4.37. The Morgan fingerprint density at radius 1 is 0.543 bits per heavy atom. The van der Waals surface area contributed by atoms with E-state index in [0.29, 0.717) is 12.8 Å². The van der Waals surface area contributed by atoms with Crippen molar-refractivity contribution in [1.29, 1.82) is 0 Å². The second-order valence-corrected chi connectivity index (χ2v) is 27.7. The molecule has 1 aliphatic heterocycles. The predicted octanol–water partition coefficient (Wildman–Crippen LogP) is 3.11. The first-order valence-electron chi connectivity index (χ1n) is 33.3. The molecule has 1 saturated heterocycles. The number of unbranched alkanes of at least 4 members (excludes halogenated alkanes) is 1. The Morgan fingerprint density at radius 2 is 1.01 bits per heavy atom. The summed E-state index contributed by atoms with van der Waals surface area (Å²) < 4.78 is 11.4. The van der Waals surface area contributed by atoms with Gasteiger partial charge in [-0.05, 0) is 108 Å². The van der Waals surface area contributed by atoms with Gasteiger partial charge in [0.2, 0.25) is 65.0 Å². The van der Waals surface area contributed by atoms with Crippen LogP contribution in [0, 0.1) is 35.5 Å². The highest BCUT2D eigenvalue weighted by molar-refractivity contribution is 5.99. The highest BCUT2D eigenvalue weighted by Crippen LogP contribution is 2.26. The zero-order valence-corrected chi connectivity index (χ0v) is 61.4. The fraction of sp³-hybridized carbons (Fsp3) is 0.791. The van der Waals surface area contributed by atoms with E-state index in [1.165, 1.54) is 87.7 Å². The van der Waals surface area contributed by atoms with Crippen molar-refractivity contribution in [2.75, 3.05) is 83.2 Å². The number of rotatable bonds is 20. The highest BCUT2D eigenvalue weighted by Gasteiger charge is 2.46. The molecule has 0 aliphatic carbocycles. The molecule has 1 aliphatic rings. The van der Waals surface area contributed by atoms with E-state index in [1.807, 2.05) is 41.5 Å². The van der Waals surface area contributed by atoms with Crippen LogP contribution in [0.2, 0.25) is 0 Å². The molecule has 12 amide bonds. The summed E-state index contributed by atoms with van der Waals surface area (Å²) in [6.45, 7) is 26.9. The molecule has 538 valence electrons. The molecular formula is C67H120N12O15. The lowest BCUT2D eigenvalue weighted by Crippen LogP contribution is -2.63. The SMILES string of the molecule is C/C=C/C[C@@H](C)[C@@H](O)[C@H]1C(=O)N[C@@H](CC)C(=O)N(C)CC(=O)N(C)[C@@H]([C@@H](C)OCCCCOC(=O)N(C)C)C(=O)N[C@@H](C(C)C)C(=O)N(C)[C@H](CC(C)C)C(=O)N[C@@H](C)C(=O)N[C@@H](C)C(=O)N(C)[C@@H](CC(C)C)C(=O)N(C)[C@H](CC(C)C)C(=O)N(C)[C@@H](C(C)C)C(=O)N1C. The second kappa shape index (κ2) is 39.8. The van der Waals surface area contributed by atoms with Crippen molar-refractivity contribution in [3.8, 4) is 0 Å². The zero-order chi connectivity index (χ0) is 72.7. The van der Waals surface area contributed by atoms with Crippen LogP contribution in [0.5, 0.6) is 0 Å². The van der Waals surface area contributed by atoms with Crippen molar-refractivity contribution in [3.05, 3.63) is 12.2 Å². The Bertz CT molecular complexity index is 2580. The van der Waals surface area contributed by atoms with Crippen LogP contribution in [-0.4, -0.2) is 271 Å². The highest BCUT2D eigenvalue weighted by atomic mass is 16.6. The number of aliphatic hydroxyl groups excluding tert-OH is 1. The number of allylic oxidation sites excluding steroid dienone is 2. The largest absolute Gasteiger partial charge is 0.449 e. The smallest absolute Gasteiger partial charge is 0.409 e. The van der Waals surface area contributed by atoms with Gasteiger partial charge in [-0.2, -0.15) is 0 Å². The molecule has 0 aromatic carbocycles. The molecule has 0 spiro atoms. The van der Waals surface area contributed by atoms with E-state index >= 15 is 14.4 Å². The molecule has 1 rings (SSSR count). The molecule has 0 aromatic heterocycles. The number of carbonyl (C=O) groups excluding carboxylic acids is 12. The Kier molecular flexibility index (Phi) is 36.1. The summed E-state index contributed by atoms with van der Waals surface area (Å²) in [6, 6.07) is -13.1. The van der Waals surface area contributed by atoms with Crippen LogP contribution < -0.4 is 21.3 Å². The lowest BCUT2D eigenvalue weighted by molar-refractivity contribution is -0.157. The van der Waals surface area contributed by atoms with Crippen LogP contribution in [-0.2, 0) is 62.2 Å². The number of hydrogen-bond donors (Lipinski definition) is 5. The topological polar surface area (TPSA) is 318 Å². The molecule has 27 nitrogen and oxygen atoms in total. The fourth-order valence-electron chi connectivity index (χ4n) is 11.3. The number of aliphatic hydroxyl groups is 1. The van der Waals surface area contributed by atoms with Gasteiger partial charge in [0, 0.05) is 70.0 Å². The van der Waals surface area contributed by atoms with Gasteiger partial charge < -0.3 is 75.0 Å². The van der Waals surface area contributed by atoms with Gasteiger partial charge in [-0.25, -0.2) is 4.79 Å². The minimum absolute atomic E-state index is 0.0269. The third kappa shape index (κ3) is 24.7. The van der Waals surface area contributed by atoms with Gasteiger partial charge in [0.15, 0.2) is 0 Å². The standard InChI is InChI=1S/C67H120N12O15/c1-26-28-31-43(13)56(81)55-60(85)70-47(27-2)62(87)73(19)37-51(80)77(23)54(46(16)93-32-29-30-33-94-67(92)72(17)18)59(84)71-52(41(9)10)65(90)74(20)48(34-38(3)4)58(83)68-44(14)57(82)69-45(15)61(86)75(21)49(35-39(5)6)63(88)76(22)50(36-40(7)8)64(89)78(24)53(42(11)12)66(91)79(55)25/h26,28,38-50,52-56,81H,27,29-37H2,1-25H3,(H,68,83)(H,69,82)(H,70,85)(H,71,84)/b28-26+/t43-,44+,45+,46-,47+,48-,49+,50-,52+,53+,54+,55+,56-/m1/s1. The lowest BCUT2D eigenvalue weighted by atomic mass is 9.91. The van der Waals surface area contributed by atoms with Crippen molar-refractivity contribution in [2.24, 2.45) is 35.5 Å². The number of carbonyl (C=O) groups is 12. The lowest BCUT2D eigenvalue weighted by Gasteiger charge is -2.41. The van der Waals surface area contributed by atoms with E-state index in [9.17, 15) is 48.3 Å². The van der Waals surface area contributed by atoms with Crippen LogP contribution in [0.3, 0.4) is 0 Å². The minimum Gasteiger partial charge on any atom is -0.449 e. The molecule has 0 bridgehead atoms. The quantitative estimate of drug-likeness (QED) is 0.0864. The number of likely N-dealkylation sites (N-methyl/N-ethyl adjacent to an activating group) is 7. The number of ether oxygens (including phenoxy) is 2. The summed E-state index contributed by atoms with van der Waals surface area (Å²) >= 11 is 0. The first kappa shape index (κ1) is 85.1. The molecule has 5 N–H and O–H groups in total. The van der Waals surface area contributed by atoms with Gasteiger partial charge in [-0.1, -0.05) is 95.2 Å². The zero-order valence-electron chi connectivity index (χ0n) is 61.4. The first-order chi connectivity index (χ1) is 43.5. The molecule has 1 fully saturated rings. The van der Waals surface area contributed by atoms with Gasteiger partial charge in [-0.15, -0.1) is 0 Å². The Morgan fingerprint density at radius 3 is 1.50 bits per heavy atom. The van der Waals surface area contributed by atoms with E-state index < -0.39 is 168 Å². The number of nitrogens with zero attached hydrogens (tertiary/aromatic N) is 8. The number of nitrogens with one attached hydrogen (secondary N) is 4. The Hall–Kier alpha value is -6.90. The van der Waals surface area contributed by atoms with Gasteiger partial charge in [0.1, 0.15) is 60.4 Å². The molecule has 0 unspecified atom stereocenters. The third-order valence-electron chi connectivity index (χ3n) is 17.3. The number of hydrogen-bond acceptors (Lipinski definition) is 15. The summed E-state index contributed by atoms with van der Waals surface area (Å²) in [7, 11) is 12.8. The average Bonchev–Trinajstić information content (AvgIpc) is 0.809. The maximum absolute atomic E-state index is 15.2. The summed E-state index contributed by atoms with van der Waals surface area (Å²) in [5.74, 6) is -10.4. The second-order valence-electron chi connectivity index (χ2n) is 27.7. The predicted molar refractivity (Wildman–Crippen MR) is 359 cm³/mol. The van der Waals surface area contributed by atoms with Crippen molar-refractivity contribution in [3.63, 3.8) is 0 Å². The monoisotopic (exact) mass is 1330 g/mol. The average molecular weight is 1330 g/mol. The van der Waals surface area contributed by atoms with E-state index in [0.717, 1.165) is 14.7 Å². The molecule has 0 saturated carbocycles. The minimum atomic E-state index is -1.65. The number of amides is 12. The summed E-state index contributed by atoms with van der Waals surface area (Å²) in [6.07, 6.45) is 1.81. The molecule has 0 aromatic rings. The summed E-state index contributed by atoms with van der Waals surface area (Å²) in [5, 5.41) is 23.1. The molecule has 1 heterocycles. The Labute approximate surface area is 560 Å². The van der Waals surface area contributed by atoms with Crippen LogP contribution in [0.25, 0.3) is 0 Å². The maximum atomic E-state index is 15.2. The molecule has 13 atom stereocenters. The van der Waals surface area contributed by atoms with Gasteiger partial charge in [0.05, 0.1) is 25.4 Å². The van der Waals surface area contributed by atoms with Crippen molar-refractivity contribution >= 4 is 71.1 Å². The van der Waals surface area contributed by atoms with Gasteiger partial charge in [0.25, 0.3) is 0 Å². The van der Waals surface area contributed by atoms with Crippen LogP contribution in [0.15, 0.2) is 12.2 Å². The van der Waals surface area contributed by atoms with E-state index in [2.05, 4.69) is 21.3 Å². The van der Waals surface area contributed by atoms with Crippen molar-refractivity contribution < 1.29 is 72.1 Å². The van der Waals surface area contributed by atoms with Gasteiger partial charge in [-0.3, -0.25) is 52.7 Å². The van der Waals surface area contributed by atoms with Crippen molar-refractivity contribution in [1.82, 2.24) is 60.5 Å². The van der Waals surface area contributed by atoms with E-state index in [4.69, 9.17) is 9.47 Å². The van der Waals surface area contributed by atoms with E-state index in [-0.39, 0.29) is 63.1 Å². The van der Waals surface area contributed by atoms with Crippen molar-refractivity contribution in [2.45, 2.75) is 228 Å². The normalized spacial score (nSPS) is 25.6. The van der Waals surface area contributed by atoms with Crippen LogP contribution in [0.4, 0.5) is 4.79 Å². The third-order valence-corrected chi connectivity index (χ3v) is 17.3.